The largest absolute Gasteiger partial charge is 0.490 e. The highest BCUT2D eigenvalue weighted by Gasteiger charge is 2.20. The van der Waals surface area contributed by atoms with Crippen molar-refractivity contribution in [1.82, 2.24) is 0 Å². The van der Waals surface area contributed by atoms with Gasteiger partial charge in [0.1, 0.15) is 6.29 Å². The predicted molar refractivity (Wildman–Crippen MR) is 349 cm³/mol. The van der Waals surface area contributed by atoms with Crippen LogP contribution in [0.2, 0.25) is 0 Å². The summed E-state index contributed by atoms with van der Waals surface area (Å²) in [5.74, 6) is 3.84. The van der Waals surface area contributed by atoms with Crippen LogP contribution in [-0.4, -0.2) is 26.1 Å². The minimum Gasteiger partial charge on any atom is -0.490 e. The van der Waals surface area contributed by atoms with E-state index in [1.165, 1.54) is 207 Å². The first-order valence-corrected chi connectivity index (χ1v) is 33.8. The summed E-state index contributed by atoms with van der Waals surface area (Å²) in [7, 11) is 0. The number of ether oxygens (including phenoxy) is 3. The van der Waals surface area contributed by atoms with Gasteiger partial charge in [-0.3, -0.25) is 4.79 Å². The molecule has 4 nitrogen and oxygen atoms in total. The standard InChI is InChI=1S/C75H122O4/c1-12-19-22-25-28-31-34-37-40-43-50-77-73-53-64(54-74(78-51-44-41-38-35-32-29-26-23-20-13-2)75(73)79-52-45-42-39-36-33-30-27-24-21-14-3)46-47-65-55-70(61(9)16-5)66(56-69(65)60(8)15-4)48-49-67-57-72(63(11)18-7)68(59-76)58-71(67)62(10)17-6/h46-49,53-63H,12-45,50-52H2,1-11H3/b47-46+,49-48+/t60-,61-,62-,63-/m1/s1. The Morgan fingerprint density at radius 2 is 0.570 bits per heavy atom. The van der Waals surface area contributed by atoms with Gasteiger partial charge in [0.15, 0.2) is 11.5 Å². The van der Waals surface area contributed by atoms with Crippen LogP contribution in [0.3, 0.4) is 0 Å². The Morgan fingerprint density at radius 1 is 0.316 bits per heavy atom. The van der Waals surface area contributed by atoms with Crippen LogP contribution >= 0.6 is 0 Å². The zero-order chi connectivity index (χ0) is 57.3. The fourth-order valence-electron chi connectivity index (χ4n) is 11.2. The Morgan fingerprint density at radius 3 is 0.861 bits per heavy atom. The SMILES string of the molecule is CCCCCCCCCCCCOc1cc(/C=C/c2cc([C@H](C)CC)c(/C=C/c3cc([C@H](C)CC)c(C=O)cc3[C@H](C)CC)cc2[C@H](C)CC)cc(OCCCCCCCCCCCC)c1OCCCCCCCCCCCC. The molecule has 0 aliphatic carbocycles. The van der Waals surface area contributed by atoms with E-state index in [0.717, 1.165) is 85.2 Å². The zero-order valence-corrected chi connectivity index (χ0v) is 53.5. The monoisotopic (exact) mass is 1090 g/mol. The first-order valence-electron chi connectivity index (χ1n) is 33.8. The number of hydrogen-bond donors (Lipinski definition) is 0. The van der Waals surface area contributed by atoms with E-state index in [0.29, 0.717) is 43.5 Å². The van der Waals surface area contributed by atoms with Gasteiger partial charge in [-0.1, -0.05) is 292 Å². The van der Waals surface area contributed by atoms with E-state index in [4.69, 9.17) is 14.2 Å². The lowest BCUT2D eigenvalue weighted by molar-refractivity contribution is 0.112. The lowest BCUT2D eigenvalue weighted by Gasteiger charge is -2.21. The number of carbonyl (C=O) groups excluding carboxylic acids is 1. The van der Waals surface area contributed by atoms with Crippen LogP contribution in [0.1, 0.15) is 373 Å². The van der Waals surface area contributed by atoms with Crippen molar-refractivity contribution in [2.75, 3.05) is 19.8 Å². The normalized spacial score (nSPS) is 13.4. The Hall–Kier alpha value is -3.79. The molecule has 0 spiro atoms. The number of benzene rings is 3. The van der Waals surface area contributed by atoms with Gasteiger partial charge < -0.3 is 14.2 Å². The number of rotatable bonds is 49. The van der Waals surface area contributed by atoms with E-state index < -0.39 is 0 Å². The highest BCUT2D eigenvalue weighted by atomic mass is 16.5. The molecule has 0 aromatic heterocycles. The molecule has 3 aromatic carbocycles. The van der Waals surface area contributed by atoms with Crippen molar-refractivity contribution in [3.05, 3.63) is 86.5 Å². The molecule has 0 saturated carbocycles. The van der Waals surface area contributed by atoms with E-state index in [2.05, 4.69) is 137 Å². The first-order chi connectivity index (χ1) is 38.6. The van der Waals surface area contributed by atoms with Crippen molar-refractivity contribution in [2.24, 2.45) is 0 Å². The minimum atomic E-state index is 0.314. The third kappa shape index (κ3) is 27.2. The molecule has 446 valence electrons. The van der Waals surface area contributed by atoms with Gasteiger partial charge >= 0.3 is 0 Å². The van der Waals surface area contributed by atoms with Crippen LogP contribution in [0.15, 0.2) is 36.4 Å². The molecule has 0 aliphatic rings. The maximum absolute atomic E-state index is 12.4. The van der Waals surface area contributed by atoms with Crippen molar-refractivity contribution >= 4 is 30.6 Å². The van der Waals surface area contributed by atoms with Crippen LogP contribution in [0.25, 0.3) is 24.3 Å². The topological polar surface area (TPSA) is 44.8 Å². The van der Waals surface area contributed by atoms with Crippen LogP contribution in [0, 0.1) is 0 Å². The van der Waals surface area contributed by atoms with E-state index >= 15 is 0 Å². The molecule has 4 atom stereocenters. The van der Waals surface area contributed by atoms with Crippen molar-refractivity contribution in [2.45, 2.75) is 318 Å². The molecule has 0 radical (unpaired) electrons. The van der Waals surface area contributed by atoms with Gasteiger partial charge in [-0.2, -0.15) is 0 Å². The van der Waals surface area contributed by atoms with Gasteiger partial charge in [0, 0.05) is 5.56 Å². The van der Waals surface area contributed by atoms with Crippen LogP contribution < -0.4 is 14.2 Å². The van der Waals surface area contributed by atoms with Crippen LogP contribution in [-0.2, 0) is 0 Å². The maximum atomic E-state index is 12.4. The molecule has 79 heavy (non-hydrogen) atoms. The maximum Gasteiger partial charge on any atom is 0.203 e. The van der Waals surface area contributed by atoms with E-state index in [1.807, 2.05) is 0 Å². The Kier molecular flexibility index (Phi) is 38.6. The highest BCUT2D eigenvalue weighted by Crippen LogP contribution is 2.41. The van der Waals surface area contributed by atoms with Gasteiger partial charge in [0.05, 0.1) is 19.8 Å². The molecule has 0 unspecified atom stereocenters. The molecule has 0 heterocycles. The average Bonchev–Trinajstić information content (AvgIpc) is 3.52. The number of aldehydes is 1. The second-order valence-electron chi connectivity index (χ2n) is 24.2. The van der Waals surface area contributed by atoms with Gasteiger partial charge in [-0.05, 0) is 131 Å². The lowest BCUT2D eigenvalue weighted by atomic mass is 9.83. The number of carbonyl (C=O) groups is 1. The summed E-state index contributed by atoms with van der Waals surface area (Å²) in [6, 6.07) is 13.9. The van der Waals surface area contributed by atoms with Gasteiger partial charge in [-0.25, -0.2) is 0 Å². The summed E-state index contributed by atoms with van der Waals surface area (Å²) in [6.45, 7) is 27.3. The Bertz CT molecular complexity index is 2050. The second kappa shape index (κ2) is 43.9. The summed E-state index contributed by atoms with van der Waals surface area (Å²) in [5, 5.41) is 0. The molecular weight excluding hydrogens is 965 g/mol. The summed E-state index contributed by atoms with van der Waals surface area (Å²) in [4.78, 5) is 12.4. The molecule has 0 fully saturated rings. The second-order valence-corrected chi connectivity index (χ2v) is 24.2. The van der Waals surface area contributed by atoms with E-state index in [1.54, 1.807) is 0 Å². The highest BCUT2D eigenvalue weighted by molar-refractivity contribution is 5.82. The first kappa shape index (κ1) is 69.5. The molecule has 0 N–H and O–H groups in total. The molecule has 3 rings (SSSR count). The number of unbranched alkanes of at least 4 members (excludes halogenated alkanes) is 27. The quantitative estimate of drug-likeness (QED) is 0.0321. The van der Waals surface area contributed by atoms with Crippen molar-refractivity contribution in [3.63, 3.8) is 0 Å². The predicted octanol–water partition coefficient (Wildman–Crippen LogP) is 24.8. The fourth-order valence-corrected chi connectivity index (χ4v) is 11.2. The van der Waals surface area contributed by atoms with Crippen molar-refractivity contribution in [1.29, 1.82) is 0 Å². The summed E-state index contributed by atoms with van der Waals surface area (Å²) < 4.78 is 20.5. The van der Waals surface area contributed by atoms with Gasteiger partial charge in [-0.15, -0.1) is 0 Å². The third-order valence-electron chi connectivity index (χ3n) is 17.5. The van der Waals surface area contributed by atoms with Gasteiger partial charge in [0.2, 0.25) is 5.75 Å². The fraction of sp³-hybridized carbons (Fsp3) is 0.693. The summed E-state index contributed by atoms with van der Waals surface area (Å²) >= 11 is 0. The Labute approximate surface area is 488 Å². The molecule has 0 amide bonds. The summed E-state index contributed by atoms with van der Waals surface area (Å²) in [6.07, 6.45) is 53.5. The Balaban J connectivity index is 2.04. The molecule has 0 bridgehead atoms. The zero-order valence-electron chi connectivity index (χ0n) is 53.5. The summed E-state index contributed by atoms with van der Waals surface area (Å²) in [5.41, 5.74) is 10.9. The van der Waals surface area contributed by atoms with Crippen LogP contribution in [0.5, 0.6) is 17.2 Å². The third-order valence-corrected chi connectivity index (χ3v) is 17.5. The molecule has 4 heteroatoms. The minimum absolute atomic E-state index is 0.314. The smallest absolute Gasteiger partial charge is 0.203 e. The molecule has 0 saturated heterocycles. The molecular formula is C75H122O4. The number of hydrogen-bond acceptors (Lipinski definition) is 4. The van der Waals surface area contributed by atoms with Gasteiger partial charge in [0.25, 0.3) is 0 Å². The van der Waals surface area contributed by atoms with Crippen molar-refractivity contribution in [3.8, 4) is 17.2 Å². The molecule has 0 aliphatic heterocycles. The van der Waals surface area contributed by atoms with Crippen LogP contribution in [0.4, 0.5) is 0 Å². The molecule has 3 aromatic rings. The average molecular weight is 1090 g/mol. The van der Waals surface area contributed by atoms with E-state index in [-0.39, 0.29) is 0 Å². The lowest BCUT2D eigenvalue weighted by Crippen LogP contribution is -2.07. The van der Waals surface area contributed by atoms with Crippen molar-refractivity contribution < 1.29 is 19.0 Å². The van der Waals surface area contributed by atoms with E-state index in [9.17, 15) is 4.79 Å².